The Morgan fingerprint density at radius 3 is 2.73 bits per heavy atom. The molecule has 1 spiro atoms. The number of nitrogens with one attached hydrogen (secondary N) is 2. The summed E-state index contributed by atoms with van der Waals surface area (Å²) in [4.78, 5) is 18.0. The van der Waals surface area contributed by atoms with Crippen LogP contribution in [0.15, 0.2) is 54.6 Å². The van der Waals surface area contributed by atoms with E-state index in [9.17, 15) is 4.79 Å². The first-order valence-electron chi connectivity index (χ1n) is 10.8. The Bertz CT molecular complexity index is 1060. The molecule has 1 aliphatic heterocycles. The zero-order valence-electron chi connectivity index (χ0n) is 17.3. The van der Waals surface area contributed by atoms with Crippen molar-refractivity contribution >= 4 is 16.8 Å². The predicted octanol–water partition coefficient (Wildman–Crippen LogP) is 4.17. The average Bonchev–Trinajstić information content (AvgIpc) is 3.23. The lowest BCUT2D eigenvalue weighted by Gasteiger charge is -2.45. The number of amides is 1. The fourth-order valence-corrected chi connectivity index (χ4v) is 4.89. The van der Waals surface area contributed by atoms with Gasteiger partial charge in [-0.3, -0.25) is 4.79 Å². The van der Waals surface area contributed by atoms with Crippen molar-refractivity contribution in [2.45, 2.75) is 32.2 Å². The summed E-state index contributed by atoms with van der Waals surface area (Å²) in [6, 6.07) is 17.9. The van der Waals surface area contributed by atoms with Crippen LogP contribution >= 0.6 is 0 Å². The van der Waals surface area contributed by atoms with Gasteiger partial charge in [-0.15, -0.1) is 0 Å². The molecular weight excluding hydrogens is 374 g/mol. The van der Waals surface area contributed by atoms with E-state index < -0.39 is 0 Å². The van der Waals surface area contributed by atoms with Crippen molar-refractivity contribution in [2.75, 3.05) is 19.7 Å². The fourth-order valence-electron chi connectivity index (χ4n) is 4.89. The van der Waals surface area contributed by atoms with Gasteiger partial charge in [0.1, 0.15) is 5.75 Å². The highest BCUT2D eigenvalue weighted by atomic mass is 16.5. The monoisotopic (exact) mass is 401 g/mol. The van der Waals surface area contributed by atoms with E-state index in [0.717, 1.165) is 53.8 Å². The van der Waals surface area contributed by atoms with Gasteiger partial charge in [-0.1, -0.05) is 18.2 Å². The van der Waals surface area contributed by atoms with Gasteiger partial charge in [0.15, 0.2) is 0 Å². The lowest BCUT2D eigenvalue weighted by molar-refractivity contribution is 0.0752. The molecule has 1 saturated heterocycles. The van der Waals surface area contributed by atoms with Crippen molar-refractivity contribution in [3.05, 3.63) is 60.2 Å². The number of ether oxygens (including phenoxy) is 1. The lowest BCUT2D eigenvalue weighted by Crippen LogP contribution is -2.51. The molecule has 0 radical (unpaired) electrons. The third kappa shape index (κ3) is 3.54. The minimum atomic E-state index is -0.00778. The zero-order valence-corrected chi connectivity index (χ0v) is 17.3. The van der Waals surface area contributed by atoms with Gasteiger partial charge in [-0.2, -0.15) is 0 Å². The van der Waals surface area contributed by atoms with Crippen LogP contribution in [0.4, 0.5) is 0 Å². The number of pyridine rings is 1. The number of hydrogen-bond donors (Lipinski definition) is 2. The summed E-state index contributed by atoms with van der Waals surface area (Å²) in [6.07, 6.45) is 3.36. The number of carbonyl (C=O) groups excluding carboxylic acids is 1. The van der Waals surface area contributed by atoms with Gasteiger partial charge >= 0.3 is 0 Å². The first-order valence-corrected chi connectivity index (χ1v) is 10.8. The molecule has 0 bridgehead atoms. The number of hydrogen-bond acceptors (Lipinski definition) is 4. The van der Waals surface area contributed by atoms with Gasteiger partial charge in [0.05, 0.1) is 23.4 Å². The second-order valence-electron chi connectivity index (χ2n) is 8.54. The molecule has 2 N–H and O–H groups in total. The second kappa shape index (κ2) is 7.73. The summed E-state index contributed by atoms with van der Waals surface area (Å²) in [7, 11) is 0. The zero-order chi connectivity index (χ0) is 20.6. The van der Waals surface area contributed by atoms with Gasteiger partial charge in [-0.05, 0) is 74.5 Å². The highest BCUT2D eigenvalue weighted by molar-refractivity contribution is 6.07. The van der Waals surface area contributed by atoms with E-state index in [0.29, 0.717) is 17.6 Å². The van der Waals surface area contributed by atoms with Crippen molar-refractivity contribution in [1.82, 2.24) is 15.6 Å². The molecule has 0 unspecified atom stereocenters. The molecule has 1 saturated carbocycles. The van der Waals surface area contributed by atoms with Gasteiger partial charge in [0.2, 0.25) is 0 Å². The number of carbonyl (C=O) groups is 1. The molecule has 2 fully saturated rings. The molecule has 5 rings (SSSR count). The van der Waals surface area contributed by atoms with Gasteiger partial charge in [-0.25, -0.2) is 4.98 Å². The summed E-state index contributed by atoms with van der Waals surface area (Å²) >= 11 is 0. The Morgan fingerprint density at radius 2 is 2.00 bits per heavy atom. The van der Waals surface area contributed by atoms with E-state index in [1.807, 2.05) is 61.5 Å². The summed E-state index contributed by atoms with van der Waals surface area (Å²) < 4.78 is 5.54. The third-order valence-electron chi connectivity index (χ3n) is 6.45. The summed E-state index contributed by atoms with van der Waals surface area (Å²) in [6.45, 7) is 4.79. The molecule has 1 aromatic heterocycles. The van der Waals surface area contributed by atoms with Crippen molar-refractivity contribution in [2.24, 2.45) is 5.41 Å². The highest BCUT2D eigenvalue weighted by Crippen LogP contribution is 2.45. The maximum absolute atomic E-state index is 13.2. The molecule has 3 aromatic rings. The quantitative estimate of drug-likeness (QED) is 0.673. The molecule has 2 aliphatic rings. The number of rotatable bonds is 5. The Labute approximate surface area is 176 Å². The van der Waals surface area contributed by atoms with E-state index in [-0.39, 0.29) is 11.9 Å². The Kier molecular flexibility index (Phi) is 4.91. The van der Waals surface area contributed by atoms with Crippen LogP contribution < -0.4 is 15.4 Å². The summed E-state index contributed by atoms with van der Waals surface area (Å²) in [5.41, 5.74) is 3.70. The van der Waals surface area contributed by atoms with Crippen LogP contribution in [0.1, 0.15) is 36.5 Å². The molecule has 30 heavy (non-hydrogen) atoms. The molecule has 154 valence electrons. The number of benzene rings is 2. The van der Waals surface area contributed by atoms with Crippen molar-refractivity contribution in [3.8, 4) is 17.0 Å². The standard InChI is InChI=1S/C25H27N3O2/c1-2-30-19-9-7-17(8-10-19)23-13-21(20-5-3-4-6-22(20)28-23)24(29)27-18-14-25(15-18)11-12-26-16-25/h3-10,13,18,26H,2,11-12,14-16H2,1H3,(H,27,29). The molecule has 2 heterocycles. The van der Waals surface area contributed by atoms with Gasteiger partial charge < -0.3 is 15.4 Å². The number of fused-ring (bicyclic) bond motifs is 1. The fraction of sp³-hybridized carbons (Fsp3) is 0.360. The van der Waals surface area contributed by atoms with E-state index in [4.69, 9.17) is 9.72 Å². The normalized spacial score (nSPS) is 22.8. The van der Waals surface area contributed by atoms with Gasteiger partial charge in [0.25, 0.3) is 5.91 Å². The van der Waals surface area contributed by atoms with E-state index >= 15 is 0 Å². The van der Waals surface area contributed by atoms with E-state index in [2.05, 4.69) is 10.6 Å². The Morgan fingerprint density at radius 1 is 1.20 bits per heavy atom. The van der Waals surface area contributed by atoms with Crippen molar-refractivity contribution in [3.63, 3.8) is 0 Å². The van der Waals surface area contributed by atoms with Crippen LogP contribution in [-0.4, -0.2) is 36.6 Å². The first kappa shape index (κ1) is 19.1. The SMILES string of the molecule is CCOc1ccc(-c2cc(C(=O)NC3CC4(CCNC4)C3)c3ccccc3n2)cc1. The topological polar surface area (TPSA) is 63.2 Å². The Balaban J connectivity index is 1.42. The predicted molar refractivity (Wildman–Crippen MR) is 119 cm³/mol. The van der Waals surface area contributed by atoms with E-state index in [1.165, 1.54) is 6.42 Å². The average molecular weight is 402 g/mol. The number of nitrogens with zero attached hydrogens (tertiary/aromatic N) is 1. The van der Waals surface area contributed by atoms with Crippen LogP contribution in [0.5, 0.6) is 5.75 Å². The number of para-hydroxylation sites is 1. The number of aromatic nitrogens is 1. The Hall–Kier alpha value is -2.92. The largest absolute Gasteiger partial charge is 0.494 e. The smallest absolute Gasteiger partial charge is 0.252 e. The highest BCUT2D eigenvalue weighted by Gasteiger charge is 2.46. The molecule has 5 nitrogen and oxygen atoms in total. The maximum Gasteiger partial charge on any atom is 0.252 e. The molecule has 2 aromatic carbocycles. The minimum absolute atomic E-state index is 0.00778. The van der Waals surface area contributed by atoms with Crippen LogP contribution in [-0.2, 0) is 0 Å². The molecule has 0 atom stereocenters. The molecular formula is C25H27N3O2. The van der Waals surface area contributed by atoms with Crippen LogP contribution in [0.2, 0.25) is 0 Å². The molecule has 1 aliphatic carbocycles. The molecule has 1 amide bonds. The van der Waals surface area contributed by atoms with Crippen LogP contribution in [0, 0.1) is 5.41 Å². The maximum atomic E-state index is 13.2. The minimum Gasteiger partial charge on any atom is -0.494 e. The van der Waals surface area contributed by atoms with Crippen LogP contribution in [0.3, 0.4) is 0 Å². The van der Waals surface area contributed by atoms with Crippen LogP contribution in [0.25, 0.3) is 22.2 Å². The van der Waals surface area contributed by atoms with Crippen molar-refractivity contribution in [1.29, 1.82) is 0 Å². The third-order valence-corrected chi connectivity index (χ3v) is 6.45. The summed E-state index contributed by atoms with van der Waals surface area (Å²) in [5, 5.41) is 7.61. The van der Waals surface area contributed by atoms with Gasteiger partial charge in [0, 0.05) is 23.5 Å². The van der Waals surface area contributed by atoms with E-state index in [1.54, 1.807) is 0 Å². The lowest BCUT2D eigenvalue weighted by atomic mass is 9.65. The summed E-state index contributed by atoms with van der Waals surface area (Å²) in [5.74, 6) is 0.826. The first-order chi connectivity index (χ1) is 14.7. The van der Waals surface area contributed by atoms with Crippen molar-refractivity contribution < 1.29 is 9.53 Å². The molecule has 5 heteroatoms. The second-order valence-corrected chi connectivity index (χ2v) is 8.54.